The first-order chi connectivity index (χ1) is 7.61. The Kier molecular flexibility index (Phi) is 2.16. The number of nitro benzene ring substituents is 1. The Morgan fingerprint density at radius 3 is 2.25 bits per heavy atom. The van der Waals surface area contributed by atoms with E-state index in [4.69, 9.17) is 0 Å². The molecule has 0 bridgehead atoms. The molecule has 0 saturated carbocycles. The molecule has 0 aliphatic carbocycles. The Morgan fingerprint density at radius 2 is 1.69 bits per heavy atom. The third kappa shape index (κ3) is 1.41. The average Bonchev–Trinajstić information content (AvgIpc) is 2.58. The number of H-pyrrole nitrogens is 2. The summed E-state index contributed by atoms with van der Waals surface area (Å²) in [7, 11) is 0. The Bertz CT molecular complexity index is 623. The predicted molar refractivity (Wildman–Crippen MR) is 53.7 cm³/mol. The van der Waals surface area contributed by atoms with Crippen molar-refractivity contribution in [2.45, 2.75) is 0 Å². The Morgan fingerprint density at radius 1 is 1.12 bits per heavy atom. The Balaban J connectivity index is 2.79. The highest BCUT2D eigenvalue weighted by molar-refractivity contribution is 5.51. The average molecular weight is 222 g/mol. The summed E-state index contributed by atoms with van der Waals surface area (Å²) in [6.45, 7) is 0. The van der Waals surface area contributed by atoms with Crippen LogP contribution in [0.2, 0.25) is 0 Å². The highest BCUT2D eigenvalue weighted by Gasteiger charge is 2.17. The Hall–Kier alpha value is -2.64. The zero-order valence-electron chi connectivity index (χ0n) is 7.84. The van der Waals surface area contributed by atoms with Gasteiger partial charge in [-0.15, -0.1) is 0 Å². The fourth-order valence-electron chi connectivity index (χ4n) is 1.34. The quantitative estimate of drug-likeness (QED) is 0.539. The summed E-state index contributed by atoms with van der Waals surface area (Å²) in [6.07, 6.45) is 0. The molecule has 8 nitrogen and oxygen atoms in total. The van der Waals surface area contributed by atoms with Crippen LogP contribution in [0.3, 0.4) is 0 Å². The minimum absolute atomic E-state index is 0.0694. The van der Waals surface area contributed by atoms with Crippen LogP contribution in [0.1, 0.15) is 0 Å². The second kappa shape index (κ2) is 3.50. The molecule has 82 valence electrons. The smallest absolute Gasteiger partial charge is 0.258 e. The van der Waals surface area contributed by atoms with Gasteiger partial charge in [-0.05, 0) is 6.07 Å². The van der Waals surface area contributed by atoms with Gasteiger partial charge in [-0.1, -0.05) is 12.1 Å². The van der Waals surface area contributed by atoms with Crippen molar-refractivity contribution < 1.29 is 4.92 Å². The van der Waals surface area contributed by atoms with Gasteiger partial charge in [0.15, 0.2) is 0 Å². The van der Waals surface area contributed by atoms with Gasteiger partial charge in [-0.25, -0.2) is 24.4 Å². The minimum atomic E-state index is -0.751. The molecular weight excluding hydrogens is 216 g/mol. The maximum Gasteiger partial charge on any atom is 0.349 e. The van der Waals surface area contributed by atoms with Crippen LogP contribution in [-0.4, -0.2) is 19.7 Å². The van der Waals surface area contributed by atoms with E-state index in [0.29, 0.717) is 4.57 Å². The van der Waals surface area contributed by atoms with Crippen molar-refractivity contribution in [3.63, 3.8) is 0 Å². The third-order valence-electron chi connectivity index (χ3n) is 2.00. The van der Waals surface area contributed by atoms with Gasteiger partial charge in [-0.2, -0.15) is 0 Å². The van der Waals surface area contributed by atoms with Gasteiger partial charge in [-0.3, -0.25) is 10.1 Å². The number of hydrogen-bond donors (Lipinski definition) is 2. The maximum atomic E-state index is 11.3. The number of rotatable bonds is 2. The summed E-state index contributed by atoms with van der Waals surface area (Å²) < 4.78 is 0.665. The molecule has 0 amide bonds. The summed E-state index contributed by atoms with van der Waals surface area (Å²) in [6, 6.07) is 5.49. The SMILES string of the molecule is O=c1[nH][nH]c(=O)n1-c1ccccc1[N+](=O)[O-]. The van der Waals surface area contributed by atoms with Crippen molar-refractivity contribution in [1.29, 1.82) is 0 Å². The largest absolute Gasteiger partial charge is 0.349 e. The van der Waals surface area contributed by atoms with E-state index < -0.39 is 16.3 Å². The van der Waals surface area contributed by atoms with E-state index in [0.717, 1.165) is 0 Å². The molecule has 8 heteroatoms. The topological polar surface area (TPSA) is 114 Å². The summed E-state index contributed by atoms with van der Waals surface area (Å²) >= 11 is 0. The number of nitrogens with one attached hydrogen (secondary N) is 2. The second-order valence-corrected chi connectivity index (χ2v) is 2.94. The number of nitro groups is 1. The van der Waals surface area contributed by atoms with Crippen molar-refractivity contribution in [2.24, 2.45) is 0 Å². The van der Waals surface area contributed by atoms with Gasteiger partial charge in [0, 0.05) is 6.07 Å². The van der Waals surface area contributed by atoms with Gasteiger partial charge >= 0.3 is 11.4 Å². The lowest BCUT2D eigenvalue weighted by Gasteiger charge is -1.99. The fourth-order valence-corrected chi connectivity index (χ4v) is 1.34. The lowest BCUT2D eigenvalue weighted by atomic mass is 10.2. The molecule has 2 N–H and O–H groups in total. The van der Waals surface area contributed by atoms with Crippen LogP contribution in [0.4, 0.5) is 5.69 Å². The molecule has 16 heavy (non-hydrogen) atoms. The molecule has 0 aliphatic rings. The van der Waals surface area contributed by atoms with Gasteiger partial charge in [0.2, 0.25) is 0 Å². The predicted octanol–water partition coefficient (Wildman–Crippen LogP) is -0.238. The molecule has 2 aromatic rings. The molecule has 1 aromatic carbocycles. The summed E-state index contributed by atoms with van der Waals surface area (Å²) in [5.41, 5.74) is -1.88. The number of hydrogen-bond acceptors (Lipinski definition) is 4. The van der Waals surface area contributed by atoms with Crippen LogP contribution in [0.5, 0.6) is 0 Å². The van der Waals surface area contributed by atoms with E-state index in [1.807, 2.05) is 10.2 Å². The monoisotopic (exact) mass is 222 g/mol. The maximum absolute atomic E-state index is 11.3. The van der Waals surface area contributed by atoms with E-state index in [1.165, 1.54) is 24.3 Å². The molecule has 0 spiro atoms. The molecule has 0 unspecified atom stereocenters. The molecule has 0 atom stereocenters. The first-order valence-corrected chi connectivity index (χ1v) is 4.25. The van der Waals surface area contributed by atoms with Crippen molar-refractivity contribution in [3.8, 4) is 5.69 Å². The summed E-state index contributed by atoms with van der Waals surface area (Å²) in [5, 5.41) is 14.8. The van der Waals surface area contributed by atoms with Crippen LogP contribution >= 0.6 is 0 Å². The molecular formula is C8H6N4O4. The standard InChI is InChI=1S/C8H6N4O4/c13-7-9-10-8(14)11(7)5-3-1-2-4-6(5)12(15)16/h1-4H,(H,9,13)(H,10,14). The van der Waals surface area contributed by atoms with Crippen molar-refractivity contribution in [2.75, 3.05) is 0 Å². The zero-order chi connectivity index (χ0) is 11.7. The second-order valence-electron chi connectivity index (χ2n) is 2.94. The first-order valence-electron chi connectivity index (χ1n) is 4.25. The number of aromatic nitrogens is 3. The lowest BCUT2D eigenvalue weighted by molar-refractivity contribution is -0.384. The molecule has 0 aliphatic heterocycles. The minimum Gasteiger partial charge on any atom is -0.258 e. The number of para-hydroxylation sites is 2. The van der Waals surface area contributed by atoms with Gasteiger partial charge in [0.25, 0.3) is 5.69 Å². The van der Waals surface area contributed by atoms with E-state index in [9.17, 15) is 19.7 Å². The fraction of sp³-hybridized carbons (Fsp3) is 0. The highest BCUT2D eigenvalue weighted by atomic mass is 16.6. The molecule has 1 aromatic heterocycles. The van der Waals surface area contributed by atoms with E-state index in [2.05, 4.69) is 0 Å². The summed E-state index contributed by atoms with van der Waals surface area (Å²) in [5.74, 6) is 0. The van der Waals surface area contributed by atoms with Crippen molar-refractivity contribution in [1.82, 2.24) is 14.8 Å². The molecule has 2 rings (SSSR count). The molecule has 0 saturated heterocycles. The molecule has 0 fully saturated rings. The normalized spacial score (nSPS) is 10.2. The molecule has 1 heterocycles. The van der Waals surface area contributed by atoms with Crippen molar-refractivity contribution in [3.05, 3.63) is 55.3 Å². The summed E-state index contributed by atoms with van der Waals surface area (Å²) in [4.78, 5) is 32.6. The van der Waals surface area contributed by atoms with Crippen molar-refractivity contribution >= 4 is 5.69 Å². The van der Waals surface area contributed by atoms with E-state index >= 15 is 0 Å². The Labute approximate surface area is 87.3 Å². The number of aromatic amines is 2. The van der Waals surface area contributed by atoms with Gasteiger partial charge < -0.3 is 0 Å². The van der Waals surface area contributed by atoms with E-state index in [-0.39, 0.29) is 11.4 Å². The highest BCUT2D eigenvalue weighted by Crippen LogP contribution is 2.18. The number of benzene rings is 1. The number of nitrogens with zero attached hydrogens (tertiary/aromatic N) is 2. The van der Waals surface area contributed by atoms with Crippen LogP contribution in [-0.2, 0) is 0 Å². The van der Waals surface area contributed by atoms with Gasteiger partial charge in [0.1, 0.15) is 5.69 Å². The third-order valence-corrected chi connectivity index (χ3v) is 2.00. The van der Waals surface area contributed by atoms with Crippen LogP contribution < -0.4 is 11.4 Å². The van der Waals surface area contributed by atoms with Crippen LogP contribution in [0.15, 0.2) is 33.9 Å². The van der Waals surface area contributed by atoms with Gasteiger partial charge in [0.05, 0.1) is 4.92 Å². The van der Waals surface area contributed by atoms with Crippen LogP contribution in [0, 0.1) is 10.1 Å². The van der Waals surface area contributed by atoms with Crippen LogP contribution in [0.25, 0.3) is 5.69 Å². The first kappa shape index (κ1) is 9.90. The zero-order valence-corrected chi connectivity index (χ0v) is 7.84. The molecule has 0 radical (unpaired) electrons. The van der Waals surface area contributed by atoms with E-state index in [1.54, 1.807) is 0 Å². The lowest BCUT2D eigenvalue weighted by Crippen LogP contribution is -2.25.